The van der Waals surface area contributed by atoms with Crippen LogP contribution in [0, 0.1) is 11.7 Å². The van der Waals surface area contributed by atoms with Gasteiger partial charge in [-0.3, -0.25) is 0 Å². The summed E-state index contributed by atoms with van der Waals surface area (Å²) < 4.78 is 39.5. The highest BCUT2D eigenvalue weighted by Crippen LogP contribution is 2.27. The van der Waals surface area contributed by atoms with Gasteiger partial charge >= 0.3 is 0 Å². The lowest BCUT2D eigenvalue weighted by molar-refractivity contribution is 0.226. The molecule has 0 atom stereocenters. The van der Waals surface area contributed by atoms with E-state index >= 15 is 0 Å². The van der Waals surface area contributed by atoms with Gasteiger partial charge in [-0.15, -0.1) is 0 Å². The Morgan fingerprint density at radius 2 is 1.93 bits per heavy atom. The number of likely N-dealkylation sites (tertiary alicyclic amines) is 1. The van der Waals surface area contributed by atoms with Crippen molar-refractivity contribution in [2.45, 2.75) is 22.8 Å². The van der Waals surface area contributed by atoms with Gasteiger partial charge in [-0.1, -0.05) is 6.07 Å². The maximum atomic E-state index is 13.4. The zero-order valence-electron chi connectivity index (χ0n) is 15.8. The van der Waals surface area contributed by atoms with Crippen molar-refractivity contribution in [1.29, 1.82) is 0 Å². The predicted octanol–water partition coefficient (Wildman–Crippen LogP) is 3.89. The number of anilines is 1. The van der Waals surface area contributed by atoms with Crippen LogP contribution in [0.4, 0.5) is 10.1 Å². The standard InChI is InChI=1S/C21H24FN3O2S/c1-25-9-7-15(8-10-25)14-23-18-3-2-4-19(13-18)28(26,27)21-12-16-11-17(22)5-6-20(16)24-21/h2-6,11-13,15,23-24H,7-10,14H2,1H3. The summed E-state index contributed by atoms with van der Waals surface area (Å²) in [5.41, 5.74) is 1.39. The van der Waals surface area contributed by atoms with E-state index in [0.717, 1.165) is 38.2 Å². The highest BCUT2D eigenvalue weighted by Gasteiger charge is 2.21. The molecule has 0 spiro atoms. The Labute approximate surface area is 164 Å². The molecule has 2 heterocycles. The van der Waals surface area contributed by atoms with Gasteiger partial charge in [-0.2, -0.15) is 0 Å². The second-order valence-electron chi connectivity index (χ2n) is 7.52. The lowest BCUT2D eigenvalue weighted by Crippen LogP contribution is -2.32. The van der Waals surface area contributed by atoms with Crippen LogP contribution < -0.4 is 5.32 Å². The van der Waals surface area contributed by atoms with Crippen molar-refractivity contribution >= 4 is 26.4 Å². The van der Waals surface area contributed by atoms with Crippen LogP contribution in [0.5, 0.6) is 0 Å². The first-order valence-corrected chi connectivity index (χ1v) is 11.0. The molecule has 2 N–H and O–H groups in total. The fraction of sp³-hybridized carbons (Fsp3) is 0.333. The molecule has 1 aromatic heterocycles. The minimum absolute atomic E-state index is 0.0700. The van der Waals surface area contributed by atoms with Crippen LogP contribution in [0.2, 0.25) is 0 Å². The van der Waals surface area contributed by atoms with Gasteiger partial charge in [0.1, 0.15) is 10.8 Å². The number of halogens is 1. The fourth-order valence-electron chi connectivity index (χ4n) is 3.65. The van der Waals surface area contributed by atoms with E-state index in [2.05, 4.69) is 22.2 Å². The smallest absolute Gasteiger partial charge is 0.221 e. The van der Waals surface area contributed by atoms with Gasteiger partial charge in [0.05, 0.1) is 4.90 Å². The fourth-order valence-corrected chi connectivity index (χ4v) is 4.97. The molecule has 0 unspecified atom stereocenters. The largest absolute Gasteiger partial charge is 0.385 e. The van der Waals surface area contributed by atoms with Crippen LogP contribution in [0.3, 0.4) is 0 Å². The molecule has 0 bridgehead atoms. The quantitative estimate of drug-likeness (QED) is 0.681. The number of hydrogen-bond donors (Lipinski definition) is 2. The molecule has 2 aromatic carbocycles. The molecule has 148 valence electrons. The zero-order chi connectivity index (χ0) is 19.7. The third kappa shape index (κ3) is 3.91. The molecule has 7 heteroatoms. The van der Waals surface area contributed by atoms with Crippen molar-refractivity contribution in [3.63, 3.8) is 0 Å². The summed E-state index contributed by atoms with van der Waals surface area (Å²) in [6, 6.07) is 12.5. The van der Waals surface area contributed by atoms with Crippen molar-refractivity contribution < 1.29 is 12.8 Å². The van der Waals surface area contributed by atoms with Gasteiger partial charge in [0.2, 0.25) is 9.84 Å². The van der Waals surface area contributed by atoms with E-state index in [-0.39, 0.29) is 9.92 Å². The molecule has 28 heavy (non-hydrogen) atoms. The summed E-state index contributed by atoms with van der Waals surface area (Å²) in [7, 11) is -1.58. The van der Waals surface area contributed by atoms with Gasteiger partial charge in [-0.05, 0) is 81.4 Å². The minimum atomic E-state index is -3.71. The highest BCUT2D eigenvalue weighted by atomic mass is 32.2. The van der Waals surface area contributed by atoms with Gasteiger partial charge in [0, 0.05) is 23.1 Å². The van der Waals surface area contributed by atoms with E-state index in [0.29, 0.717) is 16.8 Å². The summed E-state index contributed by atoms with van der Waals surface area (Å²) in [6.07, 6.45) is 2.29. The average molecular weight is 402 g/mol. The Morgan fingerprint density at radius 3 is 2.71 bits per heavy atom. The van der Waals surface area contributed by atoms with Crippen LogP contribution in [-0.2, 0) is 9.84 Å². The van der Waals surface area contributed by atoms with E-state index in [1.165, 1.54) is 18.2 Å². The monoisotopic (exact) mass is 401 g/mol. The van der Waals surface area contributed by atoms with E-state index < -0.39 is 15.7 Å². The Morgan fingerprint density at radius 1 is 1.14 bits per heavy atom. The summed E-state index contributed by atoms with van der Waals surface area (Å²) >= 11 is 0. The first kappa shape index (κ1) is 19.0. The number of hydrogen-bond acceptors (Lipinski definition) is 4. The molecule has 1 saturated heterocycles. The number of fused-ring (bicyclic) bond motifs is 1. The average Bonchev–Trinajstić information content (AvgIpc) is 3.12. The number of aromatic nitrogens is 1. The van der Waals surface area contributed by atoms with E-state index in [9.17, 15) is 12.8 Å². The molecule has 0 aliphatic carbocycles. The van der Waals surface area contributed by atoms with Crippen molar-refractivity contribution in [3.05, 3.63) is 54.3 Å². The van der Waals surface area contributed by atoms with Gasteiger partial charge in [0.25, 0.3) is 0 Å². The Bertz CT molecular complexity index is 1090. The summed E-state index contributed by atoms with van der Waals surface area (Å²) in [5, 5.41) is 3.99. The van der Waals surface area contributed by atoms with Crippen molar-refractivity contribution in [3.8, 4) is 0 Å². The van der Waals surface area contributed by atoms with E-state index in [4.69, 9.17) is 0 Å². The molecular formula is C21H24FN3O2S. The van der Waals surface area contributed by atoms with Crippen LogP contribution in [0.1, 0.15) is 12.8 Å². The Balaban J connectivity index is 1.53. The Hall–Kier alpha value is -2.38. The number of nitrogens with zero attached hydrogens (tertiary/aromatic N) is 1. The molecule has 1 aliphatic rings. The van der Waals surface area contributed by atoms with Crippen LogP contribution in [0.15, 0.2) is 58.5 Å². The molecule has 0 radical (unpaired) electrons. The lowest BCUT2D eigenvalue weighted by Gasteiger charge is -2.29. The number of piperidine rings is 1. The molecule has 5 nitrogen and oxygen atoms in total. The number of H-pyrrole nitrogens is 1. The van der Waals surface area contributed by atoms with Crippen LogP contribution >= 0.6 is 0 Å². The highest BCUT2D eigenvalue weighted by molar-refractivity contribution is 7.91. The lowest BCUT2D eigenvalue weighted by atomic mass is 9.97. The number of nitrogens with one attached hydrogen (secondary N) is 2. The van der Waals surface area contributed by atoms with Crippen molar-refractivity contribution in [1.82, 2.24) is 9.88 Å². The number of benzene rings is 2. The number of sulfone groups is 1. The van der Waals surface area contributed by atoms with Gasteiger partial charge in [-0.25, -0.2) is 12.8 Å². The molecule has 0 amide bonds. The van der Waals surface area contributed by atoms with E-state index in [1.54, 1.807) is 24.3 Å². The van der Waals surface area contributed by atoms with Crippen molar-refractivity contribution in [2.24, 2.45) is 5.92 Å². The third-order valence-electron chi connectivity index (χ3n) is 5.42. The summed E-state index contributed by atoms with van der Waals surface area (Å²) in [4.78, 5) is 5.43. The zero-order valence-corrected chi connectivity index (χ0v) is 16.6. The second-order valence-corrected chi connectivity index (χ2v) is 9.44. The Kier molecular flexibility index (Phi) is 5.12. The van der Waals surface area contributed by atoms with E-state index in [1.807, 2.05) is 6.07 Å². The summed E-state index contributed by atoms with van der Waals surface area (Å²) in [6.45, 7) is 3.03. The maximum absolute atomic E-state index is 13.4. The normalized spacial score (nSPS) is 16.5. The molecule has 0 saturated carbocycles. The first-order valence-electron chi connectivity index (χ1n) is 9.48. The molecule has 3 aromatic rings. The third-order valence-corrected chi connectivity index (χ3v) is 7.10. The molecule has 1 aliphatic heterocycles. The number of aromatic amines is 1. The molecule has 1 fully saturated rings. The van der Waals surface area contributed by atoms with Gasteiger partial charge in [0.15, 0.2) is 0 Å². The minimum Gasteiger partial charge on any atom is -0.385 e. The topological polar surface area (TPSA) is 65.2 Å². The second kappa shape index (κ2) is 7.56. The molecular weight excluding hydrogens is 377 g/mol. The van der Waals surface area contributed by atoms with Crippen LogP contribution in [-0.4, -0.2) is 45.0 Å². The molecule has 4 rings (SSSR count). The predicted molar refractivity (Wildman–Crippen MR) is 109 cm³/mol. The van der Waals surface area contributed by atoms with Crippen molar-refractivity contribution in [2.75, 3.05) is 32.0 Å². The van der Waals surface area contributed by atoms with Crippen LogP contribution in [0.25, 0.3) is 10.9 Å². The number of rotatable bonds is 5. The first-order chi connectivity index (χ1) is 13.4. The van der Waals surface area contributed by atoms with Gasteiger partial charge < -0.3 is 15.2 Å². The summed E-state index contributed by atoms with van der Waals surface area (Å²) in [5.74, 6) is 0.204. The maximum Gasteiger partial charge on any atom is 0.221 e. The SMILES string of the molecule is CN1CCC(CNc2cccc(S(=O)(=O)c3cc4cc(F)ccc4[nH]3)c2)CC1.